The second kappa shape index (κ2) is 5.32. The highest BCUT2D eigenvalue weighted by Crippen LogP contribution is 2.23. The maximum Gasteiger partial charge on any atom is 0.337 e. The van der Waals surface area contributed by atoms with E-state index in [2.05, 4.69) is 36.6 Å². The minimum Gasteiger partial charge on any atom is -0.465 e. The molecule has 0 heterocycles. The van der Waals surface area contributed by atoms with Gasteiger partial charge in [0.25, 0.3) is 0 Å². The number of benzene rings is 1. The van der Waals surface area contributed by atoms with Crippen LogP contribution >= 0.6 is 31.9 Å². The van der Waals surface area contributed by atoms with Gasteiger partial charge in [0.1, 0.15) is 0 Å². The van der Waals surface area contributed by atoms with Crippen LogP contribution < -0.4 is 5.73 Å². The number of hydrogen-bond acceptors (Lipinski definition) is 3. The largest absolute Gasteiger partial charge is 0.465 e. The first kappa shape index (κ1) is 12.3. The molecule has 1 aromatic rings. The summed E-state index contributed by atoms with van der Waals surface area (Å²) in [6, 6.07) is 4.96. The number of nitrogen functional groups attached to an aromatic ring is 1. The van der Waals surface area contributed by atoms with Crippen LogP contribution in [0.5, 0.6) is 0 Å². The molecule has 0 unspecified atom stereocenters. The van der Waals surface area contributed by atoms with E-state index in [1.165, 1.54) is 7.11 Å². The molecule has 0 saturated carbocycles. The van der Waals surface area contributed by atoms with Crippen molar-refractivity contribution in [2.75, 3.05) is 12.8 Å². The first-order valence-corrected chi connectivity index (χ1v) is 5.63. The Hall–Kier alpha value is -0.810. The van der Waals surface area contributed by atoms with Crippen molar-refractivity contribution in [2.45, 2.75) is 0 Å². The van der Waals surface area contributed by atoms with Gasteiger partial charge in [-0.15, -0.1) is 0 Å². The molecular formula is C10H9Br2NO2. The Kier molecular flexibility index (Phi) is 4.35. The maximum absolute atomic E-state index is 11.3. The smallest absolute Gasteiger partial charge is 0.337 e. The first-order chi connectivity index (χ1) is 7.04. The van der Waals surface area contributed by atoms with Crippen molar-refractivity contribution < 1.29 is 9.53 Å². The van der Waals surface area contributed by atoms with Gasteiger partial charge in [-0.3, -0.25) is 0 Å². The molecule has 0 amide bonds. The zero-order chi connectivity index (χ0) is 11.4. The molecule has 1 aromatic carbocycles. The lowest BCUT2D eigenvalue weighted by atomic mass is 10.1. The summed E-state index contributed by atoms with van der Waals surface area (Å²) >= 11 is 6.46. The van der Waals surface area contributed by atoms with Crippen molar-refractivity contribution in [2.24, 2.45) is 0 Å². The van der Waals surface area contributed by atoms with Crippen LogP contribution in [0.15, 0.2) is 21.6 Å². The van der Waals surface area contributed by atoms with E-state index in [9.17, 15) is 4.79 Å². The summed E-state index contributed by atoms with van der Waals surface area (Å²) in [5, 5.41) is 0. The lowest BCUT2D eigenvalue weighted by molar-refractivity contribution is 0.0601. The van der Waals surface area contributed by atoms with Gasteiger partial charge in [0, 0.05) is 5.69 Å². The van der Waals surface area contributed by atoms with Crippen LogP contribution in [0.4, 0.5) is 5.69 Å². The molecule has 0 aliphatic carbocycles. The van der Waals surface area contributed by atoms with Crippen LogP contribution in [0.3, 0.4) is 0 Å². The van der Waals surface area contributed by atoms with E-state index in [1.807, 2.05) is 0 Å². The number of carbonyl (C=O) groups excluding carboxylic acids is 1. The van der Waals surface area contributed by atoms with Gasteiger partial charge in [-0.1, -0.05) is 0 Å². The van der Waals surface area contributed by atoms with Crippen molar-refractivity contribution >= 4 is 49.6 Å². The fourth-order valence-corrected chi connectivity index (χ4v) is 1.56. The van der Waals surface area contributed by atoms with E-state index in [0.29, 0.717) is 11.3 Å². The number of methoxy groups -OCH3 is 1. The van der Waals surface area contributed by atoms with Gasteiger partial charge in [0.2, 0.25) is 0 Å². The summed E-state index contributed by atoms with van der Waals surface area (Å²) in [6.07, 6.45) is 1.77. The number of hydrogen-bond donors (Lipinski definition) is 1. The van der Waals surface area contributed by atoms with Crippen molar-refractivity contribution in [1.82, 2.24) is 0 Å². The molecule has 5 heteroatoms. The Balaban J connectivity index is 3.16. The topological polar surface area (TPSA) is 52.3 Å². The lowest BCUT2D eigenvalue weighted by Gasteiger charge is -2.04. The number of halogens is 2. The number of ether oxygens (including phenoxy) is 1. The van der Waals surface area contributed by atoms with Crippen LogP contribution in [-0.2, 0) is 4.74 Å². The summed E-state index contributed by atoms with van der Waals surface area (Å²) in [6.45, 7) is 0. The minimum absolute atomic E-state index is 0.379. The van der Waals surface area contributed by atoms with E-state index in [0.717, 1.165) is 8.96 Å². The molecule has 1 rings (SSSR count). The van der Waals surface area contributed by atoms with Gasteiger partial charge in [-0.05, 0) is 61.7 Å². The average Bonchev–Trinajstić information content (AvgIpc) is 2.19. The molecule has 0 aliphatic heterocycles. The molecule has 0 spiro atoms. The number of nitrogens with two attached hydrogens (primary N) is 1. The van der Waals surface area contributed by atoms with Crippen molar-refractivity contribution in [1.29, 1.82) is 0 Å². The van der Waals surface area contributed by atoms with E-state index >= 15 is 0 Å². The van der Waals surface area contributed by atoms with Gasteiger partial charge in [0.05, 0.1) is 16.1 Å². The predicted molar refractivity (Wildman–Crippen MR) is 68.0 cm³/mol. The molecule has 0 fully saturated rings. The maximum atomic E-state index is 11.3. The van der Waals surface area contributed by atoms with E-state index in [1.54, 1.807) is 24.3 Å². The quantitative estimate of drug-likeness (QED) is 0.667. The third kappa shape index (κ3) is 3.35. The molecular weight excluding hydrogens is 326 g/mol. The van der Waals surface area contributed by atoms with Gasteiger partial charge in [-0.25, -0.2) is 4.79 Å². The lowest BCUT2D eigenvalue weighted by Crippen LogP contribution is -2.02. The summed E-state index contributed by atoms with van der Waals surface area (Å²) < 4.78 is 5.37. The molecule has 0 aliphatic rings. The average molecular weight is 335 g/mol. The van der Waals surface area contributed by atoms with E-state index in [-0.39, 0.29) is 5.97 Å². The zero-order valence-electron chi connectivity index (χ0n) is 7.96. The zero-order valence-corrected chi connectivity index (χ0v) is 11.1. The van der Waals surface area contributed by atoms with Crippen LogP contribution in [-0.4, -0.2) is 13.1 Å². The summed E-state index contributed by atoms with van der Waals surface area (Å²) in [7, 11) is 1.34. The molecule has 3 nitrogen and oxygen atoms in total. The minimum atomic E-state index is -0.379. The van der Waals surface area contributed by atoms with Crippen LogP contribution in [0.2, 0.25) is 0 Å². The molecule has 0 radical (unpaired) electrons. The molecule has 80 valence electrons. The van der Waals surface area contributed by atoms with E-state index in [4.69, 9.17) is 5.73 Å². The summed E-state index contributed by atoms with van der Waals surface area (Å²) in [4.78, 5) is 11.3. The standard InChI is InChI=1S/C10H9Br2NO2/c1-15-10(14)6-2-3-8(13)7(4-6)5-9(11)12/h2-5H,13H2,1H3. The Morgan fingerprint density at radius 1 is 1.47 bits per heavy atom. The summed E-state index contributed by atoms with van der Waals surface area (Å²) in [5.74, 6) is -0.379. The van der Waals surface area contributed by atoms with Crippen molar-refractivity contribution in [3.8, 4) is 0 Å². The monoisotopic (exact) mass is 333 g/mol. The van der Waals surface area contributed by atoms with Gasteiger partial charge in [-0.2, -0.15) is 0 Å². The predicted octanol–water partition coefficient (Wildman–Crippen LogP) is 3.14. The van der Waals surface area contributed by atoms with Crippen molar-refractivity contribution in [3.05, 3.63) is 32.7 Å². The van der Waals surface area contributed by atoms with Gasteiger partial charge in [0.15, 0.2) is 0 Å². The number of anilines is 1. The van der Waals surface area contributed by atoms with E-state index < -0.39 is 0 Å². The Bertz CT molecular complexity index is 412. The van der Waals surface area contributed by atoms with Crippen LogP contribution in [0.1, 0.15) is 15.9 Å². The Morgan fingerprint density at radius 2 is 2.13 bits per heavy atom. The number of esters is 1. The molecule has 2 N–H and O–H groups in total. The normalized spacial score (nSPS) is 9.53. The number of carbonyl (C=O) groups is 1. The number of rotatable bonds is 2. The first-order valence-electron chi connectivity index (χ1n) is 4.05. The third-order valence-corrected chi connectivity index (χ3v) is 2.23. The SMILES string of the molecule is COC(=O)c1ccc(N)c(C=C(Br)Br)c1. The van der Waals surface area contributed by atoms with Crippen LogP contribution in [0.25, 0.3) is 6.08 Å². The summed E-state index contributed by atoms with van der Waals surface area (Å²) in [5.41, 5.74) is 7.56. The third-order valence-electron chi connectivity index (χ3n) is 1.77. The molecule has 15 heavy (non-hydrogen) atoms. The fraction of sp³-hybridized carbons (Fsp3) is 0.100. The highest BCUT2D eigenvalue weighted by Gasteiger charge is 2.07. The highest BCUT2D eigenvalue weighted by molar-refractivity contribution is 9.28. The second-order valence-corrected chi connectivity index (χ2v) is 5.54. The molecule has 0 saturated heterocycles. The second-order valence-electron chi connectivity index (χ2n) is 2.77. The molecule has 0 aromatic heterocycles. The highest BCUT2D eigenvalue weighted by atomic mass is 79.9. The van der Waals surface area contributed by atoms with Crippen LogP contribution in [0, 0.1) is 0 Å². The molecule has 0 bridgehead atoms. The van der Waals surface area contributed by atoms with Crippen molar-refractivity contribution in [3.63, 3.8) is 0 Å². The van der Waals surface area contributed by atoms with Gasteiger partial charge < -0.3 is 10.5 Å². The molecule has 0 atom stereocenters. The Morgan fingerprint density at radius 3 is 2.67 bits per heavy atom. The fourth-order valence-electron chi connectivity index (χ4n) is 1.06. The van der Waals surface area contributed by atoms with Gasteiger partial charge >= 0.3 is 5.97 Å². The Labute approximate surface area is 105 Å².